The van der Waals surface area contributed by atoms with Gasteiger partial charge in [-0.3, -0.25) is 4.99 Å². The van der Waals surface area contributed by atoms with Gasteiger partial charge in [-0.2, -0.15) is 0 Å². The molecule has 0 unspecified atom stereocenters. The second-order valence-corrected chi connectivity index (χ2v) is 6.80. The van der Waals surface area contributed by atoms with Crippen LogP contribution in [0.15, 0.2) is 23.3 Å². The molecule has 3 rings (SSSR count). The minimum absolute atomic E-state index is 0.891. The lowest BCUT2D eigenvalue weighted by atomic mass is 9.99. The van der Waals surface area contributed by atoms with Gasteiger partial charge < -0.3 is 9.47 Å². The number of likely N-dealkylation sites (tertiary alicyclic amines) is 1. The van der Waals surface area contributed by atoms with Crippen LogP contribution in [0.3, 0.4) is 0 Å². The monoisotopic (exact) mass is 324 g/mol. The molecule has 0 amide bonds. The molecular weight excluding hydrogens is 296 g/mol. The molecule has 1 fully saturated rings. The van der Waals surface area contributed by atoms with Crippen LogP contribution in [0.1, 0.15) is 33.1 Å². The van der Waals surface area contributed by atoms with Crippen molar-refractivity contribution in [3.63, 3.8) is 0 Å². The zero-order valence-corrected chi connectivity index (χ0v) is 14.9. The summed E-state index contributed by atoms with van der Waals surface area (Å²) in [5.74, 6) is 0.891. The molecule has 4 nitrogen and oxygen atoms in total. The molecule has 1 saturated heterocycles. The van der Waals surface area contributed by atoms with Crippen molar-refractivity contribution in [2.45, 2.75) is 39.7 Å². The molecule has 128 valence electrons. The molecule has 1 aliphatic rings. The fourth-order valence-corrected chi connectivity index (χ4v) is 3.52. The molecule has 2 aromatic rings. The number of aliphatic imine (C=N–C) groups is 1. The van der Waals surface area contributed by atoms with Crippen LogP contribution in [0.2, 0.25) is 0 Å². The summed E-state index contributed by atoms with van der Waals surface area (Å²) in [5, 5.41) is 3.24. The third kappa shape index (κ3) is 3.59. The molecule has 0 aromatic carbocycles. The minimum atomic E-state index is 0.891. The van der Waals surface area contributed by atoms with E-state index in [4.69, 9.17) is 0 Å². The predicted octanol–water partition coefficient (Wildman–Crippen LogP) is 2.40. The molecule has 0 bridgehead atoms. The summed E-state index contributed by atoms with van der Waals surface area (Å²) in [4.78, 5) is 11.5. The molecule has 0 N–H and O–H groups in total. The lowest BCUT2D eigenvalue weighted by molar-refractivity contribution is 0.188. The van der Waals surface area contributed by atoms with Crippen molar-refractivity contribution in [3.8, 4) is 0 Å². The van der Waals surface area contributed by atoms with Gasteiger partial charge in [-0.1, -0.05) is 13.5 Å². The molecule has 0 aliphatic carbocycles. The Morgan fingerprint density at radius 1 is 1.33 bits per heavy atom. The first-order chi connectivity index (χ1) is 11.7. The Morgan fingerprint density at radius 2 is 2.12 bits per heavy atom. The van der Waals surface area contributed by atoms with Gasteiger partial charge in [0.1, 0.15) is 5.65 Å². The summed E-state index contributed by atoms with van der Waals surface area (Å²) in [5.41, 5.74) is 1.02. The maximum absolute atomic E-state index is 4.58. The molecule has 3 heterocycles. The Labute approximate surface area is 144 Å². The first-order valence-corrected chi connectivity index (χ1v) is 9.03. The normalized spacial score (nSPS) is 18.2. The topological polar surface area (TPSA) is 33.4 Å². The average molecular weight is 324 g/mol. The molecule has 0 atom stereocenters. The highest BCUT2D eigenvalue weighted by Gasteiger charge is 2.15. The first-order valence-electron chi connectivity index (χ1n) is 9.03. The summed E-state index contributed by atoms with van der Waals surface area (Å²) in [6, 6.07) is 4.09. The van der Waals surface area contributed by atoms with Gasteiger partial charge >= 0.3 is 0 Å². The molecule has 4 heteroatoms. The van der Waals surface area contributed by atoms with Crippen molar-refractivity contribution in [2.75, 3.05) is 19.6 Å². The van der Waals surface area contributed by atoms with Gasteiger partial charge in [-0.15, -0.1) is 0 Å². The van der Waals surface area contributed by atoms with Gasteiger partial charge in [-0.05, 0) is 63.9 Å². The maximum atomic E-state index is 4.58. The van der Waals surface area contributed by atoms with Gasteiger partial charge in [0.15, 0.2) is 0 Å². The van der Waals surface area contributed by atoms with Crippen molar-refractivity contribution in [2.24, 2.45) is 10.9 Å². The highest BCUT2D eigenvalue weighted by molar-refractivity contribution is 5.78. The number of aryl methyl sites for hydroxylation is 1. The summed E-state index contributed by atoms with van der Waals surface area (Å²) in [7, 11) is 0. The number of rotatable bonds is 5. The van der Waals surface area contributed by atoms with Crippen LogP contribution in [-0.4, -0.2) is 40.3 Å². The fraction of sp³-hybridized carbons (Fsp3) is 0.500. The highest BCUT2D eigenvalue weighted by atomic mass is 15.1. The van der Waals surface area contributed by atoms with E-state index in [1.807, 2.05) is 25.4 Å². The number of nitrogens with zero attached hydrogens (tertiary/aromatic N) is 4. The lowest BCUT2D eigenvalue weighted by Crippen LogP contribution is -2.34. The van der Waals surface area contributed by atoms with E-state index in [2.05, 4.69) is 39.0 Å². The second-order valence-electron chi connectivity index (χ2n) is 6.80. The van der Waals surface area contributed by atoms with E-state index in [0.29, 0.717) is 0 Å². The Morgan fingerprint density at radius 3 is 2.88 bits per heavy atom. The molecule has 0 radical (unpaired) electrons. The van der Waals surface area contributed by atoms with E-state index in [0.717, 1.165) is 47.0 Å². The van der Waals surface area contributed by atoms with Gasteiger partial charge in [0, 0.05) is 41.1 Å². The van der Waals surface area contributed by atoms with E-state index >= 15 is 0 Å². The van der Waals surface area contributed by atoms with E-state index in [9.17, 15) is 0 Å². The van der Waals surface area contributed by atoms with Crippen molar-refractivity contribution in [1.29, 1.82) is 0 Å². The van der Waals surface area contributed by atoms with Crippen LogP contribution in [0.4, 0.5) is 0 Å². The number of hydrogen-bond acceptors (Lipinski definition) is 3. The molecular formula is C20H28N4. The fourth-order valence-electron chi connectivity index (χ4n) is 3.52. The van der Waals surface area contributed by atoms with Crippen LogP contribution < -0.4 is 10.6 Å². The lowest BCUT2D eigenvalue weighted by Gasteiger charge is -2.30. The highest BCUT2D eigenvalue weighted by Crippen LogP contribution is 2.16. The maximum Gasteiger partial charge on any atom is 0.140 e. The Kier molecular flexibility index (Phi) is 5.46. The second kappa shape index (κ2) is 7.75. The Hall–Kier alpha value is -1.94. The standard InChI is InChI=1S/C20H28N4/c1-4-21-15-19-17(3)24(20-18(19)7-5-10-22-20)12-6-11-23-13-8-16(2)9-14-23/h4-5,7,10,15-16H,3,6,8-9,11-14H2,1-2H3/b19-15+,21-4?. The predicted molar refractivity (Wildman–Crippen MR) is 103 cm³/mol. The third-order valence-electron chi connectivity index (χ3n) is 5.05. The first kappa shape index (κ1) is 16.9. The number of pyridine rings is 1. The Balaban J connectivity index is 1.77. The summed E-state index contributed by atoms with van der Waals surface area (Å²) in [6.45, 7) is 13.2. The zero-order chi connectivity index (χ0) is 16.9. The third-order valence-corrected chi connectivity index (χ3v) is 5.05. The number of hydrogen-bond donors (Lipinski definition) is 0. The van der Waals surface area contributed by atoms with Crippen LogP contribution in [0, 0.1) is 5.92 Å². The summed E-state index contributed by atoms with van der Waals surface area (Å²) >= 11 is 0. The smallest absolute Gasteiger partial charge is 0.140 e. The number of aromatic nitrogens is 2. The van der Waals surface area contributed by atoms with Crippen LogP contribution in [-0.2, 0) is 6.54 Å². The Bertz CT molecular complexity index is 810. The van der Waals surface area contributed by atoms with Crippen molar-refractivity contribution >= 4 is 30.0 Å². The molecule has 1 aliphatic heterocycles. The molecule has 0 saturated carbocycles. The summed E-state index contributed by atoms with van der Waals surface area (Å²) in [6.07, 6.45) is 9.36. The minimum Gasteiger partial charge on any atom is -0.326 e. The number of piperidine rings is 1. The molecule has 0 spiro atoms. The van der Waals surface area contributed by atoms with Crippen LogP contribution >= 0.6 is 0 Å². The van der Waals surface area contributed by atoms with E-state index in [1.54, 1.807) is 6.21 Å². The van der Waals surface area contributed by atoms with Gasteiger partial charge in [0.2, 0.25) is 0 Å². The van der Waals surface area contributed by atoms with Crippen molar-refractivity contribution in [1.82, 2.24) is 14.5 Å². The van der Waals surface area contributed by atoms with E-state index < -0.39 is 0 Å². The largest absolute Gasteiger partial charge is 0.326 e. The van der Waals surface area contributed by atoms with Gasteiger partial charge in [0.25, 0.3) is 0 Å². The van der Waals surface area contributed by atoms with Gasteiger partial charge in [0.05, 0.1) is 0 Å². The zero-order valence-electron chi connectivity index (χ0n) is 14.9. The average Bonchev–Trinajstić information content (AvgIpc) is 2.87. The van der Waals surface area contributed by atoms with Crippen molar-refractivity contribution in [3.05, 3.63) is 28.9 Å². The van der Waals surface area contributed by atoms with Crippen LogP contribution in [0.25, 0.3) is 23.8 Å². The molecule has 2 aromatic heterocycles. The van der Waals surface area contributed by atoms with Crippen LogP contribution in [0.5, 0.6) is 0 Å². The summed E-state index contributed by atoms with van der Waals surface area (Å²) < 4.78 is 2.25. The van der Waals surface area contributed by atoms with Gasteiger partial charge in [-0.25, -0.2) is 4.98 Å². The van der Waals surface area contributed by atoms with E-state index in [-0.39, 0.29) is 0 Å². The molecule has 24 heavy (non-hydrogen) atoms. The number of fused-ring (bicyclic) bond motifs is 1. The SMILES string of the molecule is C=c1/c(=C\N=CC)c2cccnc2n1CCCN1CCC(C)CC1. The van der Waals surface area contributed by atoms with Crippen molar-refractivity contribution < 1.29 is 0 Å². The van der Waals surface area contributed by atoms with E-state index in [1.165, 1.54) is 25.9 Å². The quantitative estimate of drug-likeness (QED) is 0.791.